The third-order valence-electron chi connectivity index (χ3n) is 1.83. The van der Waals surface area contributed by atoms with Gasteiger partial charge in [0.1, 0.15) is 0 Å². The molecule has 0 spiro atoms. The van der Waals surface area contributed by atoms with Gasteiger partial charge in [0.2, 0.25) is 0 Å². The normalized spacial score (nSPS) is 17.7. The maximum atomic E-state index is 10.4. The van der Waals surface area contributed by atoms with Gasteiger partial charge in [-0.2, -0.15) is 0 Å². The third-order valence-corrected chi connectivity index (χ3v) is 1.83. The number of nitrogens with zero attached hydrogens (tertiary/aromatic N) is 1. The standard InChI is InChI=1S/C7H11NO2/c1-8(7(9)10)6-4-2-3-5-6/h2-3,6H,4-5H2,1H3,(H,9,10). The maximum Gasteiger partial charge on any atom is 0.407 e. The molecule has 0 aliphatic heterocycles. The number of carboxylic acid groups (broad SMARTS) is 1. The Labute approximate surface area is 59.9 Å². The molecule has 3 nitrogen and oxygen atoms in total. The summed E-state index contributed by atoms with van der Waals surface area (Å²) in [6.07, 6.45) is 4.92. The van der Waals surface area contributed by atoms with E-state index in [0.717, 1.165) is 12.8 Å². The van der Waals surface area contributed by atoms with E-state index in [1.165, 1.54) is 4.90 Å². The summed E-state index contributed by atoms with van der Waals surface area (Å²) in [5.41, 5.74) is 0. The molecule has 3 heteroatoms. The van der Waals surface area contributed by atoms with Crippen molar-refractivity contribution in [3.8, 4) is 0 Å². The first-order valence-corrected chi connectivity index (χ1v) is 3.32. The van der Waals surface area contributed by atoms with E-state index >= 15 is 0 Å². The highest BCUT2D eigenvalue weighted by Crippen LogP contribution is 2.14. The van der Waals surface area contributed by atoms with Crippen molar-refractivity contribution < 1.29 is 9.90 Å². The van der Waals surface area contributed by atoms with Crippen LogP contribution in [0, 0.1) is 0 Å². The molecule has 0 radical (unpaired) electrons. The second-order valence-electron chi connectivity index (χ2n) is 2.49. The summed E-state index contributed by atoms with van der Waals surface area (Å²) in [6.45, 7) is 0. The average molecular weight is 141 g/mol. The first-order valence-electron chi connectivity index (χ1n) is 3.32. The molecule has 56 valence electrons. The number of amides is 1. The van der Waals surface area contributed by atoms with Crippen LogP contribution < -0.4 is 0 Å². The zero-order valence-corrected chi connectivity index (χ0v) is 5.95. The molecule has 1 rings (SSSR count). The molecule has 0 saturated heterocycles. The van der Waals surface area contributed by atoms with Crippen LogP contribution in [-0.4, -0.2) is 29.2 Å². The molecule has 10 heavy (non-hydrogen) atoms. The lowest BCUT2D eigenvalue weighted by molar-refractivity contribution is 0.140. The van der Waals surface area contributed by atoms with Crippen LogP contribution in [0.2, 0.25) is 0 Å². The van der Waals surface area contributed by atoms with E-state index < -0.39 is 6.09 Å². The Morgan fingerprint density at radius 3 is 2.50 bits per heavy atom. The minimum absolute atomic E-state index is 0.178. The van der Waals surface area contributed by atoms with Crippen molar-refractivity contribution >= 4 is 6.09 Å². The van der Waals surface area contributed by atoms with Crippen LogP contribution >= 0.6 is 0 Å². The highest BCUT2D eigenvalue weighted by atomic mass is 16.4. The van der Waals surface area contributed by atoms with Crippen LogP contribution in [0.1, 0.15) is 12.8 Å². The van der Waals surface area contributed by atoms with Crippen LogP contribution in [0.4, 0.5) is 4.79 Å². The van der Waals surface area contributed by atoms with Crippen molar-refractivity contribution in [1.82, 2.24) is 4.90 Å². The average Bonchev–Trinajstić information content (AvgIpc) is 2.36. The fourth-order valence-corrected chi connectivity index (χ4v) is 1.08. The van der Waals surface area contributed by atoms with Gasteiger partial charge >= 0.3 is 6.09 Å². The molecule has 1 N–H and O–H groups in total. The number of carbonyl (C=O) groups is 1. The summed E-state index contributed by atoms with van der Waals surface area (Å²) in [4.78, 5) is 11.7. The molecule has 1 aliphatic rings. The molecule has 0 bridgehead atoms. The molecule has 0 aromatic carbocycles. The molecule has 0 fully saturated rings. The van der Waals surface area contributed by atoms with Crippen LogP contribution in [0.25, 0.3) is 0 Å². The highest BCUT2D eigenvalue weighted by Gasteiger charge is 2.18. The Morgan fingerprint density at radius 2 is 2.10 bits per heavy atom. The van der Waals surface area contributed by atoms with E-state index in [9.17, 15) is 4.79 Å². The van der Waals surface area contributed by atoms with Crippen molar-refractivity contribution in [2.24, 2.45) is 0 Å². The van der Waals surface area contributed by atoms with E-state index in [4.69, 9.17) is 5.11 Å². The van der Waals surface area contributed by atoms with Gasteiger partial charge in [-0.15, -0.1) is 0 Å². The van der Waals surface area contributed by atoms with Crippen molar-refractivity contribution in [1.29, 1.82) is 0 Å². The minimum atomic E-state index is -0.839. The van der Waals surface area contributed by atoms with E-state index in [1.807, 2.05) is 12.2 Å². The smallest absolute Gasteiger partial charge is 0.407 e. The number of hydrogen-bond donors (Lipinski definition) is 1. The van der Waals surface area contributed by atoms with Crippen LogP contribution in [0.15, 0.2) is 12.2 Å². The molecule has 1 amide bonds. The zero-order chi connectivity index (χ0) is 7.56. The lowest BCUT2D eigenvalue weighted by atomic mass is 10.2. The summed E-state index contributed by atoms with van der Waals surface area (Å²) in [6, 6.07) is 0.178. The number of hydrogen-bond acceptors (Lipinski definition) is 1. The van der Waals surface area contributed by atoms with Crippen molar-refractivity contribution in [3.63, 3.8) is 0 Å². The van der Waals surface area contributed by atoms with E-state index in [1.54, 1.807) is 7.05 Å². The maximum absolute atomic E-state index is 10.4. The van der Waals surface area contributed by atoms with Crippen LogP contribution in [0.3, 0.4) is 0 Å². The lowest BCUT2D eigenvalue weighted by Crippen LogP contribution is -2.33. The molecule has 0 atom stereocenters. The number of rotatable bonds is 1. The molecule has 0 heterocycles. The van der Waals surface area contributed by atoms with Gasteiger partial charge < -0.3 is 10.0 Å². The first-order chi connectivity index (χ1) is 4.72. The molecule has 0 saturated carbocycles. The fourth-order valence-electron chi connectivity index (χ4n) is 1.08. The quantitative estimate of drug-likeness (QED) is 0.559. The third kappa shape index (κ3) is 1.29. The van der Waals surface area contributed by atoms with Gasteiger partial charge in [0.25, 0.3) is 0 Å². The van der Waals surface area contributed by atoms with Crippen molar-refractivity contribution in [2.75, 3.05) is 7.05 Å². The minimum Gasteiger partial charge on any atom is -0.465 e. The Balaban J connectivity index is 2.42. The van der Waals surface area contributed by atoms with Gasteiger partial charge in [-0.3, -0.25) is 0 Å². The summed E-state index contributed by atoms with van der Waals surface area (Å²) in [5, 5.41) is 8.54. The Bertz CT molecular complexity index is 157. The molecular formula is C7H11NO2. The van der Waals surface area contributed by atoms with Gasteiger partial charge in [-0.05, 0) is 12.8 Å². The van der Waals surface area contributed by atoms with Crippen molar-refractivity contribution in [2.45, 2.75) is 18.9 Å². The van der Waals surface area contributed by atoms with E-state index in [2.05, 4.69) is 0 Å². The van der Waals surface area contributed by atoms with Gasteiger partial charge in [-0.25, -0.2) is 4.79 Å². The summed E-state index contributed by atoms with van der Waals surface area (Å²) in [7, 11) is 1.61. The SMILES string of the molecule is CN(C(=O)O)C1CC=CC1. The van der Waals surface area contributed by atoms with Crippen LogP contribution in [-0.2, 0) is 0 Å². The van der Waals surface area contributed by atoms with E-state index in [0.29, 0.717) is 0 Å². The highest BCUT2D eigenvalue weighted by molar-refractivity contribution is 5.65. The summed E-state index contributed by atoms with van der Waals surface area (Å²) in [5.74, 6) is 0. The molecule has 0 unspecified atom stereocenters. The van der Waals surface area contributed by atoms with Gasteiger partial charge in [0.15, 0.2) is 0 Å². The molecular weight excluding hydrogens is 130 g/mol. The topological polar surface area (TPSA) is 40.5 Å². The lowest BCUT2D eigenvalue weighted by Gasteiger charge is -2.20. The zero-order valence-electron chi connectivity index (χ0n) is 5.95. The molecule has 1 aliphatic carbocycles. The Hall–Kier alpha value is -0.990. The monoisotopic (exact) mass is 141 g/mol. The van der Waals surface area contributed by atoms with Gasteiger partial charge in [0, 0.05) is 13.1 Å². The van der Waals surface area contributed by atoms with E-state index in [-0.39, 0.29) is 6.04 Å². The predicted molar refractivity (Wildman–Crippen MR) is 37.9 cm³/mol. The summed E-state index contributed by atoms with van der Waals surface area (Å²) >= 11 is 0. The molecule has 0 aromatic rings. The van der Waals surface area contributed by atoms with Crippen molar-refractivity contribution in [3.05, 3.63) is 12.2 Å². The summed E-state index contributed by atoms with van der Waals surface area (Å²) < 4.78 is 0. The second kappa shape index (κ2) is 2.73. The second-order valence-corrected chi connectivity index (χ2v) is 2.49. The molecule has 0 aromatic heterocycles. The van der Waals surface area contributed by atoms with Crippen LogP contribution in [0.5, 0.6) is 0 Å². The van der Waals surface area contributed by atoms with Gasteiger partial charge in [-0.1, -0.05) is 12.2 Å². The first kappa shape index (κ1) is 7.12. The fraction of sp³-hybridized carbons (Fsp3) is 0.571. The Kier molecular flexibility index (Phi) is 1.94. The largest absolute Gasteiger partial charge is 0.465 e. The Morgan fingerprint density at radius 1 is 1.60 bits per heavy atom. The predicted octanol–water partition coefficient (Wildman–Crippen LogP) is 1.31. The van der Waals surface area contributed by atoms with Gasteiger partial charge in [0.05, 0.1) is 0 Å².